The first-order valence-electron chi connectivity index (χ1n) is 8.58. The molecule has 0 bridgehead atoms. The average Bonchev–Trinajstić information content (AvgIpc) is 3.20. The van der Waals surface area contributed by atoms with Gasteiger partial charge in [0.2, 0.25) is 5.91 Å². The number of hydrogen-bond donors (Lipinski definition) is 1. The number of carbonyl (C=O) groups excluding carboxylic acids is 1. The molecule has 0 radical (unpaired) electrons. The molecule has 5 atom stereocenters. The predicted octanol–water partition coefficient (Wildman–Crippen LogP) is 3.69. The van der Waals surface area contributed by atoms with Crippen LogP contribution in [-0.2, 0) is 9.59 Å². The van der Waals surface area contributed by atoms with Crippen molar-refractivity contribution in [1.82, 2.24) is 4.90 Å². The van der Waals surface area contributed by atoms with E-state index in [1.54, 1.807) is 18.7 Å². The SMILES string of the molecule is C[C@H](c1ccccc1)N1C[C@H]2C=C3SC=C[C@H]3[C@](C)(C(=O)O)[C@@H]2C1=O. The van der Waals surface area contributed by atoms with E-state index in [1.165, 1.54) is 0 Å². The van der Waals surface area contributed by atoms with Crippen LogP contribution in [0.1, 0.15) is 25.5 Å². The number of allylic oxidation sites excluding steroid dienone is 2. The lowest BCUT2D eigenvalue weighted by atomic mass is 9.61. The molecular formula is C20H21NO3S. The maximum atomic E-state index is 13.3. The topological polar surface area (TPSA) is 57.6 Å². The van der Waals surface area contributed by atoms with E-state index in [9.17, 15) is 14.7 Å². The summed E-state index contributed by atoms with van der Waals surface area (Å²) in [5.74, 6) is -1.67. The lowest BCUT2D eigenvalue weighted by Crippen LogP contribution is -2.49. The first-order valence-corrected chi connectivity index (χ1v) is 9.46. The van der Waals surface area contributed by atoms with Crippen molar-refractivity contribution in [3.8, 4) is 0 Å². The highest BCUT2D eigenvalue weighted by Crippen LogP contribution is 2.57. The number of nitrogens with zero attached hydrogens (tertiary/aromatic N) is 1. The van der Waals surface area contributed by atoms with Crippen LogP contribution in [0.2, 0.25) is 0 Å². The first-order chi connectivity index (χ1) is 11.9. The lowest BCUT2D eigenvalue weighted by Gasteiger charge is -2.41. The van der Waals surface area contributed by atoms with Crippen LogP contribution in [-0.4, -0.2) is 28.4 Å². The van der Waals surface area contributed by atoms with Gasteiger partial charge in [0.1, 0.15) is 0 Å². The number of benzene rings is 1. The van der Waals surface area contributed by atoms with Crippen LogP contribution < -0.4 is 0 Å². The summed E-state index contributed by atoms with van der Waals surface area (Å²) >= 11 is 1.59. The number of rotatable bonds is 3. The zero-order chi connectivity index (χ0) is 17.8. The molecule has 1 aromatic carbocycles. The molecule has 130 valence electrons. The van der Waals surface area contributed by atoms with E-state index in [0.29, 0.717) is 6.54 Å². The molecule has 1 N–H and O–H groups in total. The van der Waals surface area contributed by atoms with Crippen molar-refractivity contribution < 1.29 is 14.7 Å². The van der Waals surface area contributed by atoms with E-state index < -0.39 is 17.3 Å². The largest absolute Gasteiger partial charge is 0.481 e. The molecule has 1 aromatic rings. The molecule has 25 heavy (non-hydrogen) atoms. The highest BCUT2D eigenvalue weighted by atomic mass is 32.2. The van der Waals surface area contributed by atoms with Gasteiger partial charge in [-0.1, -0.05) is 42.5 Å². The molecule has 4 nitrogen and oxygen atoms in total. The normalized spacial score (nSPS) is 34.5. The van der Waals surface area contributed by atoms with Gasteiger partial charge in [-0.05, 0) is 29.7 Å². The van der Waals surface area contributed by atoms with Gasteiger partial charge in [-0.15, -0.1) is 11.8 Å². The number of amides is 1. The number of carboxylic acids is 1. The Balaban J connectivity index is 1.72. The lowest BCUT2D eigenvalue weighted by molar-refractivity contribution is -0.159. The predicted molar refractivity (Wildman–Crippen MR) is 97.6 cm³/mol. The summed E-state index contributed by atoms with van der Waals surface area (Å²) in [6, 6.07) is 9.87. The van der Waals surface area contributed by atoms with Crippen molar-refractivity contribution in [3.05, 3.63) is 58.4 Å². The fraction of sp³-hybridized carbons (Fsp3) is 0.400. The Bertz CT molecular complexity index is 787. The van der Waals surface area contributed by atoms with Crippen molar-refractivity contribution in [2.24, 2.45) is 23.2 Å². The molecule has 0 saturated carbocycles. The molecule has 3 aliphatic rings. The Labute approximate surface area is 151 Å². The summed E-state index contributed by atoms with van der Waals surface area (Å²) < 4.78 is 0. The van der Waals surface area contributed by atoms with E-state index in [1.807, 2.05) is 53.6 Å². The Kier molecular flexibility index (Phi) is 3.80. The van der Waals surface area contributed by atoms with Gasteiger partial charge < -0.3 is 10.0 Å². The summed E-state index contributed by atoms with van der Waals surface area (Å²) in [5.41, 5.74) is -0.00887. The number of aliphatic carboxylic acids is 1. The van der Waals surface area contributed by atoms with Gasteiger partial charge in [-0.3, -0.25) is 9.59 Å². The molecule has 5 heteroatoms. The van der Waals surface area contributed by atoms with Crippen molar-refractivity contribution >= 4 is 23.6 Å². The fourth-order valence-corrected chi connectivity index (χ4v) is 5.68. The standard InChI is InChI=1S/C20H21NO3S/c1-12(13-6-4-3-5-7-13)21-11-14-10-16-15(8-9-25-16)20(2,19(23)24)17(14)18(21)22/h3-10,12,14-15,17H,11H2,1-2H3,(H,23,24)/t12-,14-,15-,17+,20+/m1/s1. The molecule has 0 spiro atoms. The summed E-state index contributed by atoms with van der Waals surface area (Å²) in [6.45, 7) is 4.35. The Morgan fingerprint density at radius 1 is 1.36 bits per heavy atom. The van der Waals surface area contributed by atoms with Crippen LogP contribution in [0.15, 0.2) is 52.8 Å². The van der Waals surface area contributed by atoms with Crippen molar-refractivity contribution in [3.63, 3.8) is 0 Å². The van der Waals surface area contributed by atoms with Crippen LogP contribution in [0.5, 0.6) is 0 Å². The molecular weight excluding hydrogens is 334 g/mol. The zero-order valence-corrected chi connectivity index (χ0v) is 15.1. The van der Waals surface area contributed by atoms with Crippen molar-refractivity contribution in [2.75, 3.05) is 6.54 Å². The van der Waals surface area contributed by atoms with Gasteiger partial charge in [-0.2, -0.15) is 0 Å². The second kappa shape index (κ2) is 5.77. The minimum Gasteiger partial charge on any atom is -0.481 e. The monoisotopic (exact) mass is 355 g/mol. The number of fused-ring (bicyclic) bond motifs is 2. The third-order valence-electron chi connectivity index (χ3n) is 6.05. The van der Waals surface area contributed by atoms with Crippen molar-refractivity contribution in [2.45, 2.75) is 19.9 Å². The summed E-state index contributed by atoms with van der Waals surface area (Å²) in [7, 11) is 0. The smallest absolute Gasteiger partial charge is 0.311 e. The minimum atomic E-state index is -1.09. The van der Waals surface area contributed by atoms with Gasteiger partial charge >= 0.3 is 5.97 Å². The Morgan fingerprint density at radius 2 is 2.08 bits per heavy atom. The first kappa shape index (κ1) is 16.5. The van der Waals surface area contributed by atoms with Crippen LogP contribution in [0.4, 0.5) is 0 Å². The summed E-state index contributed by atoms with van der Waals surface area (Å²) in [4.78, 5) is 28.4. The minimum absolute atomic E-state index is 0.0353. The van der Waals surface area contributed by atoms with E-state index in [2.05, 4.69) is 6.08 Å². The van der Waals surface area contributed by atoms with E-state index in [0.717, 1.165) is 10.5 Å². The van der Waals surface area contributed by atoms with Gasteiger partial charge in [0.05, 0.1) is 17.4 Å². The maximum Gasteiger partial charge on any atom is 0.311 e. The van der Waals surface area contributed by atoms with Gasteiger partial charge in [0.15, 0.2) is 0 Å². The third-order valence-corrected chi connectivity index (χ3v) is 7.00. The van der Waals surface area contributed by atoms with Crippen LogP contribution in [0.3, 0.4) is 0 Å². The molecule has 1 fully saturated rings. The third kappa shape index (κ3) is 2.29. The molecule has 2 aliphatic heterocycles. The number of carboxylic acid groups (broad SMARTS) is 1. The maximum absolute atomic E-state index is 13.3. The van der Waals surface area contributed by atoms with E-state index in [4.69, 9.17) is 0 Å². The molecule has 1 saturated heterocycles. The number of carbonyl (C=O) groups is 2. The van der Waals surface area contributed by atoms with Crippen LogP contribution in [0, 0.1) is 23.2 Å². The summed E-state index contributed by atoms with van der Waals surface area (Å²) in [6.07, 6.45) is 4.08. The van der Waals surface area contributed by atoms with Crippen LogP contribution in [0.25, 0.3) is 0 Å². The second-order valence-corrected chi connectivity index (χ2v) is 8.28. The number of thioether (sulfide) groups is 1. The molecule has 4 rings (SSSR count). The molecule has 1 amide bonds. The fourth-order valence-electron chi connectivity index (χ4n) is 4.57. The summed E-state index contributed by atoms with van der Waals surface area (Å²) in [5, 5.41) is 12.0. The number of hydrogen-bond acceptors (Lipinski definition) is 3. The molecule has 0 aromatic heterocycles. The second-order valence-electron chi connectivity index (χ2n) is 7.30. The van der Waals surface area contributed by atoms with Gasteiger partial charge in [-0.25, -0.2) is 0 Å². The molecule has 0 unspecified atom stereocenters. The highest BCUT2D eigenvalue weighted by Gasteiger charge is 2.61. The van der Waals surface area contributed by atoms with Gasteiger partial charge in [0.25, 0.3) is 0 Å². The molecule has 1 aliphatic carbocycles. The highest BCUT2D eigenvalue weighted by molar-refractivity contribution is 8.06. The van der Waals surface area contributed by atoms with E-state index in [-0.39, 0.29) is 23.8 Å². The molecule has 2 heterocycles. The zero-order valence-electron chi connectivity index (χ0n) is 14.3. The Morgan fingerprint density at radius 3 is 2.76 bits per heavy atom. The Hall–Kier alpha value is -2.01. The van der Waals surface area contributed by atoms with Gasteiger partial charge in [0, 0.05) is 18.4 Å². The van der Waals surface area contributed by atoms with Crippen molar-refractivity contribution in [1.29, 1.82) is 0 Å². The van der Waals surface area contributed by atoms with E-state index >= 15 is 0 Å². The number of likely N-dealkylation sites (tertiary alicyclic amines) is 1. The average molecular weight is 355 g/mol. The van der Waals surface area contributed by atoms with Crippen LogP contribution >= 0.6 is 11.8 Å². The quantitative estimate of drug-likeness (QED) is 0.898.